The number of rotatable bonds is 5. The summed E-state index contributed by atoms with van der Waals surface area (Å²) in [6, 6.07) is 4.76. The van der Waals surface area contributed by atoms with Crippen LogP contribution in [0.4, 0.5) is 9.18 Å². The van der Waals surface area contributed by atoms with Crippen LogP contribution in [0.2, 0.25) is 0 Å². The smallest absolute Gasteiger partial charge is 0.315 e. The highest BCUT2D eigenvalue weighted by Crippen LogP contribution is 2.38. The molecule has 3 amide bonds. The number of benzene rings is 1. The van der Waals surface area contributed by atoms with Gasteiger partial charge in [-0.2, -0.15) is 0 Å². The Bertz CT molecular complexity index is 731. The molecule has 1 heterocycles. The first-order chi connectivity index (χ1) is 13.0. The Hall–Kier alpha value is -2.31. The molecular formula is C20H26FN3O3. The zero-order chi connectivity index (χ0) is 19.0. The van der Waals surface area contributed by atoms with Crippen molar-refractivity contribution in [2.75, 3.05) is 13.7 Å². The number of ether oxygens (including phenoxy) is 1. The molecule has 1 atom stereocenters. The lowest BCUT2D eigenvalue weighted by atomic mass is 9.76. The third-order valence-electron chi connectivity index (χ3n) is 6.18. The van der Waals surface area contributed by atoms with Gasteiger partial charge in [0.25, 0.3) is 0 Å². The number of urea groups is 1. The molecule has 3 aliphatic rings. The van der Waals surface area contributed by atoms with Crippen molar-refractivity contribution in [3.05, 3.63) is 29.6 Å². The Morgan fingerprint density at radius 3 is 2.63 bits per heavy atom. The SMILES string of the molecule is COc1ccc(C2CC(NC(=O)NC3CCN(C4CCC4)C3=O)C2)cc1F. The number of nitrogens with zero attached hydrogens (tertiary/aromatic N) is 1. The van der Waals surface area contributed by atoms with Crippen molar-refractivity contribution in [2.45, 2.75) is 62.6 Å². The fourth-order valence-electron chi connectivity index (χ4n) is 4.23. The van der Waals surface area contributed by atoms with E-state index in [9.17, 15) is 14.0 Å². The van der Waals surface area contributed by atoms with E-state index in [1.807, 2.05) is 11.0 Å². The standard InChI is InChI=1S/C20H26FN3O3/c1-27-18-6-5-12(11-16(18)21)13-9-14(10-13)22-20(26)23-17-7-8-24(19(17)25)15-3-2-4-15/h5-6,11,13-15,17H,2-4,7-10H2,1H3,(H2,22,23,26). The summed E-state index contributed by atoms with van der Waals surface area (Å²) < 4.78 is 18.8. The number of halogens is 1. The van der Waals surface area contributed by atoms with E-state index in [0.29, 0.717) is 12.5 Å². The van der Waals surface area contributed by atoms with Crippen molar-refractivity contribution in [2.24, 2.45) is 0 Å². The van der Waals surface area contributed by atoms with Gasteiger partial charge in [0.2, 0.25) is 5.91 Å². The highest BCUT2D eigenvalue weighted by molar-refractivity contribution is 5.89. The second-order valence-corrected chi connectivity index (χ2v) is 7.83. The summed E-state index contributed by atoms with van der Waals surface area (Å²) >= 11 is 0. The average molecular weight is 375 g/mol. The van der Waals surface area contributed by atoms with Crippen LogP contribution in [0.1, 0.15) is 50.0 Å². The number of likely N-dealkylation sites (tertiary alicyclic amines) is 1. The average Bonchev–Trinajstić information content (AvgIpc) is 2.90. The van der Waals surface area contributed by atoms with Crippen molar-refractivity contribution < 1.29 is 18.7 Å². The van der Waals surface area contributed by atoms with Crippen LogP contribution in [0, 0.1) is 5.82 Å². The molecule has 6 nitrogen and oxygen atoms in total. The van der Waals surface area contributed by atoms with Gasteiger partial charge in [-0.1, -0.05) is 6.07 Å². The number of hydrogen-bond acceptors (Lipinski definition) is 3. The zero-order valence-electron chi connectivity index (χ0n) is 15.5. The summed E-state index contributed by atoms with van der Waals surface area (Å²) in [6.07, 6.45) is 5.58. The van der Waals surface area contributed by atoms with Crippen molar-refractivity contribution in [1.82, 2.24) is 15.5 Å². The lowest BCUT2D eigenvalue weighted by Crippen LogP contribution is -2.52. The van der Waals surface area contributed by atoms with Crippen LogP contribution in [0.3, 0.4) is 0 Å². The molecule has 7 heteroatoms. The second kappa shape index (κ2) is 7.37. The summed E-state index contributed by atoms with van der Waals surface area (Å²) in [5.41, 5.74) is 0.925. The summed E-state index contributed by atoms with van der Waals surface area (Å²) in [5, 5.41) is 5.76. The predicted molar refractivity (Wildman–Crippen MR) is 98.1 cm³/mol. The monoisotopic (exact) mass is 375 g/mol. The Morgan fingerprint density at radius 1 is 1.22 bits per heavy atom. The molecule has 2 aliphatic carbocycles. The Morgan fingerprint density at radius 2 is 2.00 bits per heavy atom. The fraction of sp³-hybridized carbons (Fsp3) is 0.600. The maximum absolute atomic E-state index is 13.8. The first-order valence-electron chi connectivity index (χ1n) is 9.76. The van der Waals surface area contributed by atoms with Crippen molar-refractivity contribution in [1.29, 1.82) is 0 Å². The first kappa shape index (κ1) is 18.1. The molecule has 146 valence electrons. The van der Waals surface area contributed by atoms with E-state index in [-0.39, 0.29) is 35.5 Å². The fourth-order valence-corrected chi connectivity index (χ4v) is 4.23. The van der Waals surface area contributed by atoms with Crippen LogP contribution in [0.25, 0.3) is 0 Å². The minimum Gasteiger partial charge on any atom is -0.494 e. The van der Waals surface area contributed by atoms with Crippen molar-refractivity contribution >= 4 is 11.9 Å². The van der Waals surface area contributed by atoms with E-state index in [0.717, 1.165) is 37.8 Å². The molecule has 1 aliphatic heterocycles. The molecule has 2 saturated carbocycles. The lowest BCUT2D eigenvalue weighted by Gasteiger charge is -2.36. The number of methoxy groups -OCH3 is 1. The third-order valence-corrected chi connectivity index (χ3v) is 6.18. The molecule has 0 aromatic heterocycles. The highest BCUT2D eigenvalue weighted by atomic mass is 19.1. The summed E-state index contributed by atoms with van der Waals surface area (Å²) in [6.45, 7) is 0.739. The molecule has 4 rings (SSSR count). The van der Waals surface area contributed by atoms with Crippen LogP contribution in [-0.2, 0) is 4.79 Å². The van der Waals surface area contributed by atoms with E-state index in [1.54, 1.807) is 6.07 Å². The molecule has 0 radical (unpaired) electrons. The van der Waals surface area contributed by atoms with Crippen LogP contribution in [0.15, 0.2) is 18.2 Å². The van der Waals surface area contributed by atoms with Gasteiger partial charge in [0.15, 0.2) is 11.6 Å². The van der Waals surface area contributed by atoms with Crippen LogP contribution in [0.5, 0.6) is 5.75 Å². The molecule has 1 aromatic carbocycles. The van der Waals surface area contributed by atoms with E-state index in [1.165, 1.54) is 19.6 Å². The van der Waals surface area contributed by atoms with Gasteiger partial charge in [0, 0.05) is 18.6 Å². The third kappa shape index (κ3) is 3.59. The van der Waals surface area contributed by atoms with Gasteiger partial charge in [0.1, 0.15) is 6.04 Å². The molecule has 1 aromatic rings. The van der Waals surface area contributed by atoms with Gasteiger partial charge in [0.05, 0.1) is 7.11 Å². The van der Waals surface area contributed by atoms with E-state index < -0.39 is 6.04 Å². The van der Waals surface area contributed by atoms with Crippen molar-refractivity contribution in [3.63, 3.8) is 0 Å². The second-order valence-electron chi connectivity index (χ2n) is 7.83. The van der Waals surface area contributed by atoms with Crippen LogP contribution >= 0.6 is 0 Å². The van der Waals surface area contributed by atoms with Gasteiger partial charge in [-0.05, 0) is 62.1 Å². The maximum Gasteiger partial charge on any atom is 0.315 e. The number of nitrogens with one attached hydrogen (secondary N) is 2. The molecule has 0 spiro atoms. The Kier molecular flexibility index (Phi) is 4.93. The number of hydrogen-bond donors (Lipinski definition) is 2. The van der Waals surface area contributed by atoms with E-state index in [2.05, 4.69) is 10.6 Å². The maximum atomic E-state index is 13.8. The van der Waals surface area contributed by atoms with Gasteiger partial charge in [-0.25, -0.2) is 9.18 Å². The van der Waals surface area contributed by atoms with Crippen LogP contribution < -0.4 is 15.4 Å². The summed E-state index contributed by atoms with van der Waals surface area (Å²) in [5.74, 6) is 0.164. The predicted octanol–water partition coefficient (Wildman–Crippen LogP) is 2.53. The molecule has 3 fully saturated rings. The van der Waals surface area contributed by atoms with Crippen molar-refractivity contribution in [3.8, 4) is 5.75 Å². The van der Waals surface area contributed by atoms with Crippen LogP contribution in [-0.4, -0.2) is 48.6 Å². The van der Waals surface area contributed by atoms with E-state index >= 15 is 0 Å². The highest BCUT2D eigenvalue weighted by Gasteiger charge is 2.39. The van der Waals surface area contributed by atoms with Gasteiger partial charge < -0.3 is 20.3 Å². The number of amides is 3. The minimum absolute atomic E-state index is 0.0510. The molecule has 0 bridgehead atoms. The van der Waals surface area contributed by atoms with Gasteiger partial charge in [-0.3, -0.25) is 4.79 Å². The summed E-state index contributed by atoms with van der Waals surface area (Å²) in [7, 11) is 1.44. The molecular weight excluding hydrogens is 349 g/mol. The number of carbonyl (C=O) groups is 2. The first-order valence-corrected chi connectivity index (χ1v) is 9.76. The Balaban J connectivity index is 1.22. The van der Waals surface area contributed by atoms with E-state index in [4.69, 9.17) is 4.74 Å². The zero-order valence-corrected chi connectivity index (χ0v) is 15.5. The normalized spacial score (nSPS) is 27.7. The number of carbonyl (C=O) groups excluding carboxylic acids is 2. The molecule has 1 unspecified atom stereocenters. The Labute approximate surface area is 158 Å². The lowest BCUT2D eigenvalue weighted by molar-refractivity contribution is -0.132. The van der Waals surface area contributed by atoms with Gasteiger partial charge in [-0.15, -0.1) is 0 Å². The molecule has 1 saturated heterocycles. The largest absolute Gasteiger partial charge is 0.494 e. The summed E-state index contributed by atoms with van der Waals surface area (Å²) in [4.78, 5) is 26.5. The minimum atomic E-state index is -0.405. The molecule has 2 N–H and O–H groups in total. The molecule has 27 heavy (non-hydrogen) atoms. The van der Waals surface area contributed by atoms with Gasteiger partial charge >= 0.3 is 6.03 Å². The quantitative estimate of drug-likeness (QED) is 0.831. The topological polar surface area (TPSA) is 70.7 Å².